The Morgan fingerprint density at radius 1 is 1.40 bits per heavy atom. The van der Waals surface area contributed by atoms with Crippen molar-refractivity contribution in [3.8, 4) is 0 Å². The molecule has 0 aliphatic rings. The van der Waals surface area contributed by atoms with Crippen LogP contribution in [-0.4, -0.2) is 44.2 Å². The van der Waals surface area contributed by atoms with Gasteiger partial charge in [-0.25, -0.2) is 0 Å². The van der Waals surface area contributed by atoms with E-state index in [1.807, 2.05) is 0 Å². The number of aryl methyl sites for hydroxylation is 1. The van der Waals surface area contributed by atoms with Crippen molar-refractivity contribution in [2.75, 3.05) is 6.54 Å². The number of carbonyl (C=O) groups excluding carboxylic acids is 1. The van der Waals surface area contributed by atoms with Gasteiger partial charge in [0.2, 0.25) is 5.91 Å². The molecule has 15 heavy (non-hydrogen) atoms. The topological polar surface area (TPSA) is 121 Å². The van der Waals surface area contributed by atoms with Gasteiger partial charge in [-0.1, -0.05) is 5.21 Å². The molecule has 1 rings (SSSR count). The van der Waals surface area contributed by atoms with E-state index in [2.05, 4.69) is 25.9 Å². The van der Waals surface area contributed by atoms with E-state index in [1.165, 1.54) is 0 Å². The fourth-order valence-corrected chi connectivity index (χ4v) is 0.911. The van der Waals surface area contributed by atoms with Gasteiger partial charge in [-0.15, -0.1) is 10.2 Å². The van der Waals surface area contributed by atoms with Crippen LogP contribution in [0.1, 0.15) is 18.7 Å². The van der Waals surface area contributed by atoms with Crippen LogP contribution in [0.4, 0.5) is 0 Å². The van der Waals surface area contributed by atoms with Crippen LogP contribution in [0.3, 0.4) is 0 Å². The highest BCUT2D eigenvalue weighted by molar-refractivity contribution is 5.76. The molecule has 8 heteroatoms. The molecule has 0 saturated carbocycles. The Labute approximate surface area is 85.1 Å². The fourth-order valence-electron chi connectivity index (χ4n) is 0.911. The Bertz CT molecular complexity index is 323. The first kappa shape index (κ1) is 11.1. The molecule has 0 spiro atoms. The van der Waals surface area contributed by atoms with E-state index in [1.54, 1.807) is 0 Å². The summed E-state index contributed by atoms with van der Waals surface area (Å²) in [7, 11) is 0. The summed E-state index contributed by atoms with van der Waals surface area (Å²) in [6.45, 7) is 0.139. The lowest BCUT2D eigenvalue weighted by atomic mass is 10.3. The number of H-pyrrole nitrogens is 1. The zero-order valence-electron chi connectivity index (χ0n) is 7.93. The van der Waals surface area contributed by atoms with Gasteiger partial charge < -0.3 is 10.4 Å². The van der Waals surface area contributed by atoms with Crippen LogP contribution in [0.2, 0.25) is 0 Å². The molecule has 0 saturated heterocycles. The van der Waals surface area contributed by atoms with Gasteiger partial charge in [-0.05, 0) is 0 Å². The summed E-state index contributed by atoms with van der Waals surface area (Å²) in [6, 6.07) is 0. The Morgan fingerprint density at radius 3 is 2.80 bits per heavy atom. The van der Waals surface area contributed by atoms with Crippen LogP contribution in [0, 0.1) is 0 Å². The first-order valence-corrected chi connectivity index (χ1v) is 4.39. The van der Waals surface area contributed by atoms with Crippen molar-refractivity contribution in [1.29, 1.82) is 0 Å². The van der Waals surface area contributed by atoms with Crippen LogP contribution >= 0.6 is 0 Å². The summed E-state index contributed by atoms with van der Waals surface area (Å²) in [6.07, 6.45) is 0.530. The first-order valence-electron chi connectivity index (χ1n) is 4.39. The van der Waals surface area contributed by atoms with Gasteiger partial charge >= 0.3 is 5.97 Å². The van der Waals surface area contributed by atoms with Gasteiger partial charge in [0.1, 0.15) is 0 Å². The molecule has 1 aromatic rings. The van der Waals surface area contributed by atoms with E-state index in [-0.39, 0.29) is 25.3 Å². The molecule has 0 bridgehead atoms. The molecule has 1 heterocycles. The van der Waals surface area contributed by atoms with Crippen molar-refractivity contribution in [2.24, 2.45) is 0 Å². The summed E-state index contributed by atoms with van der Waals surface area (Å²) in [5.41, 5.74) is 0. The molecule has 0 fully saturated rings. The lowest BCUT2D eigenvalue weighted by molar-refractivity contribution is -0.136. The van der Waals surface area contributed by atoms with Crippen LogP contribution in [0.15, 0.2) is 0 Å². The number of hydrogen-bond donors (Lipinski definition) is 3. The van der Waals surface area contributed by atoms with Crippen LogP contribution < -0.4 is 5.32 Å². The average Bonchev–Trinajstić information content (AvgIpc) is 2.66. The molecular formula is C7H11N5O3. The standard InChI is InChI=1S/C7H11N5O3/c13-6(8-4-3-7(14)15)2-1-5-9-11-12-10-5/h1-4H2,(H,8,13)(H,14,15)(H,9,10,11,12). The number of carbonyl (C=O) groups is 2. The SMILES string of the molecule is O=C(O)CCNC(=O)CCc1nn[nH]n1. The molecule has 0 atom stereocenters. The lowest BCUT2D eigenvalue weighted by Gasteiger charge is -2.00. The number of nitrogens with one attached hydrogen (secondary N) is 2. The largest absolute Gasteiger partial charge is 0.481 e. The third kappa shape index (κ3) is 4.69. The van der Waals surface area contributed by atoms with Crippen molar-refractivity contribution in [3.05, 3.63) is 5.82 Å². The predicted molar refractivity (Wildman–Crippen MR) is 47.8 cm³/mol. The second kappa shape index (κ2) is 5.68. The molecule has 0 aliphatic carbocycles. The third-order valence-corrected chi connectivity index (χ3v) is 1.63. The fraction of sp³-hybridized carbons (Fsp3) is 0.571. The van der Waals surface area contributed by atoms with Crippen molar-refractivity contribution < 1.29 is 14.7 Å². The molecule has 0 radical (unpaired) electrons. The minimum atomic E-state index is -0.937. The van der Waals surface area contributed by atoms with Crippen molar-refractivity contribution in [1.82, 2.24) is 25.9 Å². The number of amides is 1. The highest BCUT2D eigenvalue weighted by Crippen LogP contribution is 1.91. The molecule has 82 valence electrons. The highest BCUT2D eigenvalue weighted by Gasteiger charge is 2.05. The van der Waals surface area contributed by atoms with E-state index in [4.69, 9.17) is 5.11 Å². The summed E-state index contributed by atoms with van der Waals surface area (Å²) >= 11 is 0. The summed E-state index contributed by atoms with van der Waals surface area (Å²) in [4.78, 5) is 21.3. The van der Waals surface area contributed by atoms with Gasteiger partial charge in [0.15, 0.2) is 5.82 Å². The second-order valence-electron chi connectivity index (χ2n) is 2.82. The minimum absolute atomic E-state index is 0.0754. The van der Waals surface area contributed by atoms with Gasteiger partial charge in [0.05, 0.1) is 6.42 Å². The van der Waals surface area contributed by atoms with E-state index in [9.17, 15) is 9.59 Å². The number of carboxylic acid groups (broad SMARTS) is 1. The van der Waals surface area contributed by atoms with Gasteiger partial charge in [0.25, 0.3) is 0 Å². The Morgan fingerprint density at radius 2 is 2.20 bits per heavy atom. The van der Waals surface area contributed by atoms with Gasteiger partial charge in [-0.2, -0.15) is 5.21 Å². The van der Waals surface area contributed by atoms with Gasteiger partial charge in [-0.3, -0.25) is 9.59 Å². The predicted octanol–water partition coefficient (Wildman–Crippen LogP) is -1.28. The zero-order chi connectivity index (χ0) is 11.1. The number of tetrazole rings is 1. The number of hydrogen-bond acceptors (Lipinski definition) is 5. The first-order chi connectivity index (χ1) is 7.18. The van der Waals surface area contributed by atoms with Crippen LogP contribution in [0.5, 0.6) is 0 Å². The number of carboxylic acids is 1. The van der Waals surface area contributed by atoms with E-state index >= 15 is 0 Å². The number of rotatable bonds is 6. The number of aliphatic carboxylic acids is 1. The molecule has 0 aliphatic heterocycles. The average molecular weight is 213 g/mol. The number of nitrogens with zero attached hydrogens (tertiary/aromatic N) is 3. The summed E-state index contributed by atoms with van der Waals surface area (Å²) < 4.78 is 0. The number of aromatic amines is 1. The summed E-state index contributed by atoms with van der Waals surface area (Å²) in [5.74, 6) is -0.696. The van der Waals surface area contributed by atoms with Crippen LogP contribution in [-0.2, 0) is 16.0 Å². The van der Waals surface area contributed by atoms with Gasteiger partial charge in [0, 0.05) is 19.4 Å². The molecule has 1 amide bonds. The Balaban J connectivity index is 2.11. The lowest BCUT2D eigenvalue weighted by Crippen LogP contribution is -2.26. The van der Waals surface area contributed by atoms with Crippen molar-refractivity contribution >= 4 is 11.9 Å². The summed E-state index contributed by atoms with van der Waals surface area (Å²) in [5, 5.41) is 23.8. The molecule has 3 N–H and O–H groups in total. The third-order valence-electron chi connectivity index (χ3n) is 1.63. The molecular weight excluding hydrogens is 202 g/mol. The monoisotopic (exact) mass is 213 g/mol. The Kier molecular flexibility index (Phi) is 4.20. The van der Waals surface area contributed by atoms with E-state index in [0.29, 0.717) is 12.2 Å². The number of aromatic nitrogens is 4. The maximum atomic E-state index is 11.1. The normalized spacial score (nSPS) is 9.87. The van der Waals surface area contributed by atoms with E-state index < -0.39 is 5.97 Å². The highest BCUT2D eigenvalue weighted by atomic mass is 16.4. The smallest absolute Gasteiger partial charge is 0.305 e. The maximum absolute atomic E-state index is 11.1. The quantitative estimate of drug-likeness (QED) is 0.541. The van der Waals surface area contributed by atoms with E-state index in [0.717, 1.165) is 0 Å². The Hall–Kier alpha value is -1.99. The molecule has 1 aromatic heterocycles. The second-order valence-corrected chi connectivity index (χ2v) is 2.82. The van der Waals surface area contributed by atoms with Crippen molar-refractivity contribution in [2.45, 2.75) is 19.3 Å². The van der Waals surface area contributed by atoms with Crippen molar-refractivity contribution in [3.63, 3.8) is 0 Å². The maximum Gasteiger partial charge on any atom is 0.305 e. The molecule has 0 aromatic carbocycles. The van der Waals surface area contributed by atoms with Crippen LogP contribution in [0.25, 0.3) is 0 Å². The minimum Gasteiger partial charge on any atom is -0.481 e. The molecule has 8 nitrogen and oxygen atoms in total. The molecule has 0 unspecified atom stereocenters. The zero-order valence-corrected chi connectivity index (χ0v) is 7.93.